The Kier molecular flexibility index (Phi) is 10.3. The lowest BCUT2D eigenvalue weighted by atomic mass is 10.1. The number of nitrogens with one attached hydrogen (secondary N) is 1. The molecule has 0 spiro atoms. The molecule has 1 N–H and O–H groups in total. The first-order valence-corrected chi connectivity index (χ1v) is 11.0. The van der Waals surface area contributed by atoms with E-state index in [1.807, 2.05) is 50.2 Å². The van der Waals surface area contributed by atoms with Crippen LogP contribution in [0.3, 0.4) is 0 Å². The summed E-state index contributed by atoms with van der Waals surface area (Å²) in [6.07, 6.45) is 2.93. The summed E-state index contributed by atoms with van der Waals surface area (Å²) in [4.78, 5) is 40.7. The lowest BCUT2D eigenvalue weighted by molar-refractivity contribution is -0.141. The van der Waals surface area contributed by atoms with Gasteiger partial charge in [-0.1, -0.05) is 37.3 Å². The minimum absolute atomic E-state index is 0.0981. The van der Waals surface area contributed by atoms with Crippen molar-refractivity contribution in [1.82, 2.24) is 15.1 Å². The number of carbonyl (C=O) groups excluding carboxylic acids is 3. The van der Waals surface area contributed by atoms with Crippen molar-refractivity contribution in [3.63, 3.8) is 0 Å². The number of carbonyl (C=O) groups is 3. The molecule has 0 saturated carbocycles. The Hall–Kier alpha value is -3.29. The van der Waals surface area contributed by atoms with Gasteiger partial charge >= 0.3 is 12.0 Å². The summed E-state index contributed by atoms with van der Waals surface area (Å²) in [6, 6.07) is 12.9. The first-order valence-electron chi connectivity index (χ1n) is 11.0. The van der Waals surface area contributed by atoms with Crippen LogP contribution in [0, 0.1) is 0 Å². The average molecular weight is 444 g/mol. The number of amides is 3. The first kappa shape index (κ1) is 25.0. The molecular formula is C24H33N3O5. The molecular weight excluding hydrogens is 410 g/mol. The lowest BCUT2D eigenvalue weighted by Crippen LogP contribution is -2.51. The Bertz CT molecular complexity index is 839. The fourth-order valence-corrected chi connectivity index (χ4v) is 3.15. The molecule has 174 valence electrons. The summed E-state index contributed by atoms with van der Waals surface area (Å²) in [5.74, 6) is -0.0317. The molecule has 0 aliphatic carbocycles. The van der Waals surface area contributed by atoms with Gasteiger partial charge in [0.25, 0.3) is 0 Å². The van der Waals surface area contributed by atoms with E-state index in [1.54, 1.807) is 24.2 Å². The van der Waals surface area contributed by atoms with E-state index in [2.05, 4.69) is 5.32 Å². The van der Waals surface area contributed by atoms with E-state index in [-0.39, 0.29) is 31.6 Å². The van der Waals surface area contributed by atoms with E-state index in [4.69, 9.17) is 9.15 Å². The monoisotopic (exact) mass is 443 g/mol. The van der Waals surface area contributed by atoms with Crippen LogP contribution < -0.4 is 5.32 Å². The molecule has 8 nitrogen and oxygen atoms in total. The summed E-state index contributed by atoms with van der Waals surface area (Å²) in [5.41, 5.74) is 1.12. The fourth-order valence-electron chi connectivity index (χ4n) is 3.15. The standard InChI is InChI=1S/C24H33N3O5/c1-4-19(3)27(24(30)25-16-23(29)31-5-2)18-22(28)26(17-21-12-9-15-32-21)14-13-20-10-7-6-8-11-20/h6-12,15,19H,4-5,13-14,16-18H2,1-3H3,(H,25,30). The molecule has 0 aliphatic rings. The van der Waals surface area contributed by atoms with Crippen molar-refractivity contribution in [2.24, 2.45) is 0 Å². The van der Waals surface area contributed by atoms with Crippen molar-refractivity contribution in [1.29, 1.82) is 0 Å². The van der Waals surface area contributed by atoms with Crippen molar-refractivity contribution < 1.29 is 23.5 Å². The molecule has 0 radical (unpaired) electrons. The van der Waals surface area contributed by atoms with Crippen molar-refractivity contribution >= 4 is 17.9 Å². The molecule has 8 heteroatoms. The fraction of sp³-hybridized carbons (Fsp3) is 0.458. The topological polar surface area (TPSA) is 92.1 Å². The molecule has 1 atom stereocenters. The molecule has 2 aromatic rings. The van der Waals surface area contributed by atoms with Crippen LogP contribution >= 0.6 is 0 Å². The zero-order valence-electron chi connectivity index (χ0n) is 19.1. The maximum absolute atomic E-state index is 13.2. The Morgan fingerprint density at radius 3 is 2.47 bits per heavy atom. The summed E-state index contributed by atoms with van der Waals surface area (Å²) >= 11 is 0. The van der Waals surface area contributed by atoms with E-state index in [0.717, 1.165) is 5.56 Å². The largest absolute Gasteiger partial charge is 0.467 e. The van der Waals surface area contributed by atoms with E-state index >= 15 is 0 Å². The van der Waals surface area contributed by atoms with Gasteiger partial charge in [0, 0.05) is 12.6 Å². The number of nitrogens with zero attached hydrogens (tertiary/aromatic N) is 2. The molecule has 1 heterocycles. The Balaban J connectivity index is 2.07. The number of esters is 1. The van der Waals surface area contributed by atoms with E-state index in [9.17, 15) is 14.4 Å². The first-order chi connectivity index (χ1) is 15.4. The number of urea groups is 1. The maximum atomic E-state index is 13.2. The smallest absolute Gasteiger partial charge is 0.325 e. The summed E-state index contributed by atoms with van der Waals surface area (Å²) < 4.78 is 10.3. The molecule has 2 rings (SSSR count). The molecule has 0 aliphatic heterocycles. The predicted molar refractivity (Wildman–Crippen MR) is 121 cm³/mol. The van der Waals surface area contributed by atoms with Crippen LogP contribution in [0.25, 0.3) is 0 Å². The van der Waals surface area contributed by atoms with Crippen LogP contribution in [0.1, 0.15) is 38.5 Å². The minimum atomic E-state index is -0.515. The molecule has 32 heavy (non-hydrogen) atoms. The second-order valence-corrected chi connectivity index (χ2v) is 7.48. The summed E-state index contributed by atoms with van der Waals surface area (Å²) in [5, 5.41) is 2.55. The summed E-state index contributed by atoms with van der Waals surface area (Å²) in [6.45, 7) is 6.23. The Labute approximate surface area is 189 Å². The molecule has 1 aromatic heterocycles. The van der Waals surface area contributed by atoms with Gasteiger partial charge in [0.05, 0.1) is 19.4 Å². The Morgan fingerprint density at radius 1 is 1.09 bits per heavy atom. The van der Waals surface area contributed by atoms with Gasteiger partial charge in [-0.25, -0.2) is 4.79 Å². The van der Waals surface area contributed by atoms with Gasteiger partial charge < -0.3 is 24.3 Å². The number of ether oxygens (including phenoxy) is 1. The van der Waals surface area contributed by atoms with Gasteiger partial charge in [0.1, 0.15) is 18.8 Å². The SMILES string of the molecule is CCOC(=O)CNC(=O)N(CC(=O)N(CCc1ccccc1)Cc1ccco1)C(C)CC. The number of benzene rings is 1. The third kappa shape index (κ3) is 8.09. The van der Waals surface area contributed by atoms with Crippen molar-refractivity contribution in [2.75, 3.05) is 26.2 Å². The average Bonchev–Trinajstić information content (AvgIpc) is 3.32. The second kappa shape index (κ2) is 13.2. The maximum Gasteiger partial charge on any atom is 0.325 e. The normalized spacial score (nSPS) is 11.5. The van der Waals surface area contributed by atoms with Crippen LogP contribution in [-0.4, -0.2) is 60.0 Å². The number of hydrogen-bond donors (Lipinski definition) is 1. The molecule has 0 bridgehead atoms. The van der Waals surface area contributed by atoms with Gasteiger partial charge in [-0.15, -0.1) is 0 Å². The zero-order chi connectivity index (χ0) is 23.3. The molecule has 0 fully saturated rings. The van der Waals surface area contributed by atoms with Crippen LogP contribution in [0.2, 0.25) is 0 Å². The van der Waals surface area contributed by atoms with Gasteiger partial charge in [0.2, 0.25) is 5.91 Å². The zero-order valence-corrected chi connectivity index (χ0v) is 19.1. The molecule has 3 amide bonds. The van der Waals surface area contributed by atoms with Gasteiger partial charge in [-0.3, -0.25) is 9.59 Å². The lowest BCUT2D eigenvalue weighted by Gasteiger charge is -2.31. The molecule has 1 unspecified atom stereocenters. The third-order valence-electron chi connectivity index (χ3n) is 5.17. The van der Waals surface area contributed by atoms with Gasteiger partial charge in [-0.05, 0) is 44.4 Å². The van der Waals surface area contributed by atoms with Crippen LogP contribution in [0.4, 0.5) is 4.79 Å². The predicted octanol–water partition coefficient (Wildman–Crippen LogP) is 3.22. The van der Waals surface area contributed by atoms with E-state index in [1.165, 1.54) is 4.90 Å². The van der Waals surface area contributed by atoms with Crippen LogP contribution in [0.5, 0.6) is 0 Å². The van der Waals surface area contributed by atoms with Crippen LogP contribution in [0.15, 0.2) is 53.1 Å². The highest BCUT2D eigenvalue weighted by atomic mass is 16.5. The third-order valence-corrected chi connectivity index (χ3v) is 5.17. The van der Waals surface area contributed by atoms with Gasteiger partial charge in [0.15, 0.2) is 0 Å². The van der Waals surface area contributed by atoms with Crippen molar-refractivity contribution in [3.05, 3.63) is 60.1 Å². The molecule has 0 saturated heterocycles. The van der Waals surface area contributed by atoms with Crippen molar-refractivity contribution in [2.45, 2.75) is 46.2 Å². The summed E-state index contributed by atoms with van der Waals surface area (Å²) in [7, 11) is 0. The quantitative estimate of drug-likeness (QED) is 0.509. The van der Waals surface area contributed by atoms with Gasteiger partial charge in [-0.2, -0.15) is 0 Å². The highest BCUT2D eigenvalue weighted by Crippen LogP contribution is 2.11. The minimum Gasteiger partial charge on any atom is -0.467 e. The van der Waals surface area contributed by atoms with E-state index < -0.39 is 12.0 Å². The number of furan rings is 1. The highest BCUT2D eigenvalue weighted by molar-refractivity contribution is 5.86. The Morgan fingerprint density at radius 2 is 1.84 bits per heavy atom. The molecule has 1 aromatic carbocycles. The number of rotatable bonds is 12. The van der Waals surface area contributed by atoms with Crippen LogP contribution in [-0.2, 0) is 27.3 Å². The van der Waals surface area contributed by atoms with E-state index in [0.29, 0.717) is 31.7 Å². The number of hydrogen-bond acceptors (Lipinski definition) is 5. The highest BCUT2D eigenvalue weighted by Gasteiger charge is 2.25. The van der Waals surface area contributed by atoms with Crippen molar-refractivity contribution in [3.8, 4) is 0 Å². The second-order valence-electron chi connectivity index (χ2n) is 7.48.